The summed E-state index contributed by atoms with van der Waals surface area (Å²) in [6, 6.07) is 88.6. The molecule has 0 saturated heterocycles. The van der Waals surface area contributed by atoms with E-state index < -0.39 is 34.1 Å². The molecule has 0 amide bonds. The predicted octanol–water partition coefficient (Wildman–Crippen LogP) is 20.7. The number of halogens is 4. The highest BCUT2D eigenvalue weighted by Crippen LogP contribution is 2.60. The van der Waals surface area contributed by atoms with Gasteiger partial charge in [-0.05, 0) is 175 Å². The zero-order valence-corrected chi connectivity index (χ0v) is 47.8. The summed E-state index contributed by atoms with van der Waals surface area (Å²) < 4.78 is 78.0. The maximum atomic E-state index is 16.5. The Morgan fingerprint density at radius 1 is 0.307 bits per heavy atom. The lowest BCUT2D eigenvalue weighted by atomic mass is 9.67. The van der Waals surface area contributed by atoms with Crippen LogP contribution in [0.5, 0.6) is 11.5 Å². The highest BCUT2D eigenvalue weighted by Gasteiger charge is 2.48. The van der Waals surface area contributed by atoms with E-state index in [-0.39, 0.29) is 11.4 Å². The first-order chi connectivity index (χ1) is 43.2. The molecule has 0 fully saturated rings. The van der Waals surface area contributed by atoms with E-state index >= 15 is 17.6 Å². The molecule has 12 aromatic carbocycles. The van der Waals surface area contributed by atoms with Gasteiger partial charge in [-0.15, -0.1) is 0 Å². The molecular weight excluding hydrogens is 1100 g/mol. The van der Waals surface area contributed by atoms with Gasteiger partial charge in [-0.25, -0.2) is 17.6 Å². The van der Waals surface area contributed by atoms with Crippen LogP contribution in [0.15, 0.2) is 304 Å². The molecule has 0 heterocycles. The Hall–Kier alpha value is -11.0. The average Bonchev–Trinajstić information content (AvgIpc) is 1.56. The summed E-state index contributed by atoms with van der Waals surface area (Å²) in [5.41, 5.74) is 13.7. The van der Waals surface area contributed by atoms with E-state index in [1.807, 2.05) is 146 Å². The minimum absolute atomic E-state index is 0.229. The van der Waals surface area contributed by atoms with Crippen LogP contribution in [-0.2, 0) is 10.8 Å². The lowest BCUT2D eigenvalue weighted by Crippen LogP contribution is -2.28. The Morgan fingerprint density at radius 3 is 0.989 bits per heavy atom. The van der Waals surface area contributed by atoms with Crippen molar-refractivity contribution in [3.63, 3.8) is 0 Å². The van der Waals surface area contributed by atoms with E-state index in [2.05, 4.69) is 110 Å². The maximum Gasteiger partial charge on any atom is 0.150 e. The van der Waals surface area contributed by atoms with Gasteiger partial charge in [-0.2, -0.15) is 0 Å². The second-order valence-electron chi connectivity index (χ2n) is 21.9. The summed E-state index contributed by atoms with van der Waals surface area (Å²) in [4.78, 5) is 3.28. The summed E-state index contributed by atoms with van der Waals surface area (Å²) in [5, 5.41) is 0. The Balaban J connectivity index is 0.866. The van der Waals surface area contributed by atoms with E-state index in [0.29, 0.717) is 47.5 Å². The predicted molar refractivity (Wildman–Crippen MR) is 347 cm³/mol. The molecule has 0 bridgehead atoms. The fraction of sp³-hybridized carbons (Fsp3) is 0.0500. The third kappa shape index (κ3) is 9.06. The number of ether oxygens (including phenoxy) is 2. The van der Waals surface area contributed by atoms with Gasteiger partial charge in [0.25, 0.3) is 0 Å². The highest BCUT2D eigenvalue weighted by molar-refractivity contribution is 5.92. The van der Waals surface area contributed by atoms with Crippen LogP contribution in [0.2, 0.25) is 0 Å². The highest BCUT2D eigenvalue weighted by atomic mass is 19.1. The van der Waals surface area contributed by atoms with Gasteiger partial charge >= 0.3 is 0 Å². The molecular formula is C80H56F4N2O2. The van der Waals surface area contributed by atoms with Crippen molar-refractivity contribution in [1.82, 2.24) is 0 Å². The molecule has 2 aliphatic carbocycles. The van der Waals surface area contributed by atoms with Gasteiger partial charge in [0.05, 0.1) is 10.8 Å². The van der Waals surface area contributed by atoms with Crippen molar-refractivity contribution in [3.05, 3.63) is 372 Å². The van der Waals surface area contributed by atoms with Crippen LogP contribution in [-0.4, -0.2) is 13.2 Å². The molecule has 88 heavy (non-hydrogen) atoms. The van der Waals surface area contributed by atoms with Crippen LogP contribution in [0.3, 0.4) is 0 Å². The third-order valence-corrected chi connectivity index (χ3v) is 17.2. The van der Waals surface area contributed by atoms with Gasteiger partial charge in [0.2, 0.25) is 0 Å². The third-order valence-electron chi connectivity index (χ3n) is 17.2. The monoisotopic (exact) mass is 1150 g/mol. The average molecular weight is 1150 g/mol. The molecule has 0 spiro atoms. The largest absolute Gasteiger partial charge is 0.490 e. The van der Waals surface area contributed by atoms with Crippen LogP contribution in [0.25, 0.3) is 33.4 Å². The number of para-hydroxylation sites is 2. The van der Waals surface area contributed by atoms with Crippen molar-refractivity contribution >= 4 is 34.1 Å². The van der Waals surface area contributed by atoms with Crippen molar-refractivity contribution in [1.29, 1.82) is 0 Å². The minimum atomic E-state index is -0.837. The lowest BCUT2D eigenvalue weighted by Gasteiger charge is -2.35. The van der Waals surface area contributed by atoms with Crippen molar-refractivity contribution in [2.24, 2.45) is 0 Å². The van der Waals surface area contributed by atoms with Gasteiger partial charge in [-0.3, -0.25) is 0 Å². The summed E-state index contributed by atoms with van der Waals surface area (Å²) in [6.07, 6.45) is 3.42. The zero-order chi connectivity index (χ0) is 59.9. The van der Waals surface area contributed by atoms with Crippen molar-refractivity contribution in [3.8, 4) is 44.9 Å². The molecule has 12 aromatic rings. The Labute approximate surface area is 509 Å². The van der Waals surface area contributed by atoms with E-state index in [1.54, 1.807) is 22.0 Å². The molecule has 14 rings (SSSR count). The molecule has 0 aliphatic heterocycles. The van der Waals surface area contributed by atoms with Crippen molar-refractivity contribution < 1.29 is 27.0 Å². The summed E-state index contributed by atoms with van der Waals surface area (Å²) in [5.74, 6) is -1.51. The number of hydrogen-bond acceptors (Lipinski definition) is 4. The van der Waals surface area contributed by atoms with Crippen molar-refractivity contribution in [2.45, 2.75) is 10.8 Å². The standard InChI is InChI=1S/C80H56F4N2O2/c1-3-49-87-63-43-33-57(34-44-63)79(55-17-7-5-8-18-55)69-23-13-11-21-65(69)67-47-41-61(51-71(67)79)85(77-73(81)25-15-26-74(77)82)59-37-29-53(30-38-59)54-31-39-60(40-32-54)86(78-75(83)27-16-28-76(78)84)62-42-48-68-66-22-12-14-24-70(66)80(72(68)52-62,56-19-9-6-10-20-56)58-35-45-64(46-36-58)88-50-4-2/h3-48,51-52H,1-2,49-50H2. The molecule has 426 valence electrons. The number of fused-ring (bicyclic) bond motifs is 6. The molecule has 0 radical (unpaired) electrons. The first-order valence-electron chi connectivity index (χ1n) is 29.2. The van der Waals surface area contributed by atoms with Gasteiger partial charge in [0, 0.05) is 22.7 Å². The van der Waals surface area contributed by atoms with E-state index in [1.165, 1.54) is 36.4 Å². The van der Waals surface area contributed by atoms with Gasteiger partial charge in [0.15, 0.2) is 0 Å². The SMILES string of the molecule is C=CCOc1ccc(C2(c3ccccc3)c3ccccc3-c3ccc(N(c4ccc(-c5ccc(N(c6ccc7c(c6)C(c6ccccc6)(c6ccc(OCC=C)cc6)c6ccccc6-7)c6c(F)cccc6F)cc5)cc4)c4c(F)cccc4F)cc32)cc1. The molecule has 8 heteroatoms. The fourth-order valence-corrected chi connectivity index (χ4v) is 13.5. The maximum absolute atomic E-state index is 16.5. The summed E-state index contributed by atoms with van der Waals surface area (Å²) in [6.45, 7) is 8.36. The number of hydrogen-bond donors (Lipinski definition) is 0. The van der Waals surface area contributed by atoms with Crippen molar-refractivity contribution in [2.75, 3.05) is 23.0 Å². The smallest absolute Gasteiger partial charge is 0.150 e. The second-order valence-corrected chi connectivity index (χ2v) is 21.9. The van der Waals surface area contributed by atoms with Crippen LogP contribution in [0.1, 0.15) is 44.5 Å². The Bertz CT molecular complexity index is 4260. The molecule has 4 nitrogen and oxygen atoms in total. The number of rotatable bonds is 17. The molecule has 0 N–H and O–H groups in total. The Kier molecular flexibility index (Phi) is 14.2. The summed E-state index contributed by atoms with van der Waals surface area (Å²) >= 11 is 0. The van der Waals surface area contributed by atoms with E-state index in [9.17, 15) is 0 Å². The van der Waals surface area contributed by atoms with Crippen LogP contribution in [0.4, 0.5) is 51.7 Å². The fourth-order valence-electron chi connectivity index (χ4n) is 13.5. The summed E-state index contributed by atoms with van der Waals surface area (Å²) in [7, 11) is 0. The number of anilines is 6. The normalized spacial score (nSPS) is 15.1. The Morgan fingerprint density at radius 2 is 0.625 bits per heavy atom. The van der Waals surface area contributed by atoms with Gasteiger partial charge in [-0.1, -0.05) is 207 Å². The minimum Gasteiger partial charge on any atom is -0.490 e. The quantitative estimate of drug-likeness (QED) is 0.0670. The molecule has 0 saturated carbocycles. The number of nitrogens with zero attached hydrogens (tertiary/aromatic N) is 2. The van der Waals surface area contributed by atoms with Crippen LogP contribution >= 0.6 is 0 Å². The lowest BCUT2D eigenvalue weighted by molar-refractivity contribution is 0.363. The van der Waals surface area contributed by atoms with Gasteiger partial charge in [0.1, 0.15) is 59.4 Å². The zero-order valence-electron chi connectivity index (χ0n) is 47.8. The van der Waals surface area contributed by atoms with Gasteiger partial charge < -0.3 is 19.3 Å². The molecule has 2 aliphatic rings. The van der Waals surface area contributed by atoms with Crippen LogP contribution < -0.4 is 19.3 Å². The second kappa shape index (κ2) is 22.8. The van der Waals surface area contributed by atoms with E-state index in [0.717, 1.165) is 77.9 Å². The van der Waals surface area contributed by atoms with E-state index in [4.69, 9.17) is 9.47 Å². The molecule has 0 aromatic heterocycles. The number of benzene rings is 12. The van der Waals surface area contributed by atoms with Crippen LogP contribution in [0, 0.1) is 23.3 Å². The first kappa shape index (κ1) is 54.9. The molecule has 2 atom stereocenters. The topological polar surface area (TPSA) is 24.9 Å². The molecule has 2 unspecified atom stereocenters. The first-order valence-corrected chi connectivity index (χ1v) is 29.2.